The van der Waals surface area contributed by atoms with E-state index in [9.17, 15) is 4.91 Å². The molecule has 0 aromatic rings. The molecule has 0 fully saturated rings. The molecule has 0 unspecified atom stereocenters. The van der Waals surface area contributed by atoms with Crippen LogP contribution in [0, 0.1) is 4.91 Å². The molecule has 0 saturated heterocycles. The summed E-state index contributed by atoms with van der Waals surface area (Å²) in [7, 11) is 1.66. The molecule has 0 aliphatic heterocycles. The van der Waals surface area contributed by atoms with E-state index in [-0.39, 0.29) is 5.54 Å². The average molecular weight is 116 g/mol. The van der Waals surface area contributed by atoms with Crippen LogP contribution < -0.4 is 0 Å². The quantitative estimate of drug-likeness (QED) is 0.383. The third-order valence-corrected chi connectivity index (χ3v) is 1.09. The second-order valence-electron chi connectivity index (χ2n) is 2.78. The summed E-state index contributed by atoms with van der Waals surface area (Å²) in [4.78, 5) is 9.83. The second-order valence-corrected chi connectivity index (χ2v) is 2.78. The van der Waals surface area contributed by atoms with Crippen LogP contribution in [-0.4, -0.2) is 17.6 Å². The van der Waals surface area contributed by atoms with Crippen molar-refractivity contribution in [2.24, 2.45) is 5.29 Å². The minimum Gasteiger partial charge on any atom is -0.259 e. The highest BCUT2D eigenvalue weighted by atomic mass is 16.3. The van der Waals surface area contributed by atoms with E-state index in [1.54, 1.807) is 7.05 Å². The Kier molecular flexibility index (Phi) is 1.95. The standard InChI is InChI=1S/C5H12N2O/c1-5(2,3)7(4)6-8/h1-4H3. The number of nitroso groups, excluding NO2 is 1. The van der Waals surface area contributed by atoms with E-state index < -0.39 is 0 Å². The minimum absolute atomic E-state index is 0.137. The van der Waals surface area contributed by atoms with Crippen molar-refractivity contribution >= 4 is 0 Å². The van der Waals surface area contributed by atoms with E-state index in [2.05, 4.69) is 5.29 Å². The maximum atomic E-state index is 9.83. The summed E-state index contributed by atoms with van der Waals surface area (Å²) in [5, 5.41) is 4.12. The number of rotatable bonds is 1. The minimum atomic E-state index is -0.137. The first-order valence-electron chi connectivity index (χ1n) is 2.55. The van der Waals surface area contributed by atoms with Crippen LogP contribution in [0.5, 0.6) is 0 Å². The van der Waals surface area contributed by atoms with E-state index >= 15 is 0 Å². The van der Waals surface area contributed by atoms with Crippen LogP contribution in [0.15, 0.2) is 5.29 Å². The second kappa shape index (κ2) is 2.11. The molecule has 0 radical (unpaired) electrons. The Morgan fingerprint density at radius 3 is 1.75 bits per heavy atom. The molecule has 0 aromatic heterocycles. The normalized spacial score (nSPS) is 11.0. The van der Waals surface area contributed by atoms with Crippen LogP contribution >= 0.6 is 0 Å². The first-order valence-corrected chi connectivity index (χ1v) is 2.55. The summed E-state index contributed by atoms with van der Waals surface area (Å²) >= 11 is 0. The average Bonchev–Trinajstić information content (AvgIpc) is 1.62. The Morgan fingerprint density at radius 2 is 1.75 bits per heavy atom. The zero-order valence-corrected chi connectivity index (χ0v) is 5.80. The van der Waals surface area contributed by atoms with Gasteiger partial charge in [-0.3, -0.25) is 5.01 Å². The fourth-order valence-electron chi connectivity index (χ4n) is 0.122. The van der Waals surface area contributed by atoms with Crippen molar-refractivity contribution in [3.63, 3.8) is 0 Å². The Balaban J connectivity index is 3.80. The van der Waals surface area contributed by atoms with Gasteiger partial charge in [-0.05, 0) is 20.8 Å². The molecule has 48 valence electrons. The predicted molar refractivity (Wildman–Crippen MR) is 33.3 cm³/mol. The summed E-state index contributed by atoms with van der Waals surface area (Å²) in [5.74, 6) is 0. The highest BCUT2D eigenvalue weighted by Crippen LogP contribution is 2.08. The van der Waals surface area contributed by atoms with E-state index in [4.69, 9.17) is 0 Å². The SMILES string of the molecule is CN(N=O)C(C)(C)C. The fraction of sp³-hybridized carbons (Fsp3) is 1.00. The third kappa shape index (κ3) is 1.91. The van der Waals surface area contributed by atoms with Gasteiger partial charge in [0.2, 0.25) is 0 Å². The van der Waals surface area contributed by atoms with E-state index in [1.807, 2.05) is 20.8 Å². The molecular weight excluding hydrogens is 104 g/mol. The monoisotopic (exact) mass is 116 g/mol. The van der Waals surface area contributed by atoms with Gasteiger partial charge in [0, 0.05) is 7.05 Å². The lowest BCUT2D eigenvalue weighted by atomic mass is 10.1. The molecule has 0 aromatic carbocycles. The van der Waals surface area contributed by atoms with Crippen LogP contribution in [0.2, 0.25) is 0 Å². The summed E-state index contributed by atoms with van der Waals surface area (Å²) in [6, 6.07) is 0. The molecule has 0 N–H and O–H groups in total. The summed E-state index contributed by atoms with van der Waals surface area (Å²) < 4.78 is 0. The van der Waals surface area contributed by atoms with Gasteiger partial charge in [0.05, 0.1) is 10.8 Å². The molecule has 0 heterocycles. The number of hydrogen-bond acceptors (Lipinski definition) is 2. The van der Waals surface area contributed by atoms with Gasteiger partial charge in [-0.2, -0.15) is 0 Å². The highest BCUT2D eigenvalue weighted by molar-refractivity contribution is 4.68. The lowest BCUT2D eigenvalue weighted by Crippen LogP contribution is -2.33. The fourth-order valence-corrected chi connectivity index (χ4v) is 0.122. The smallest absolute Gasteiger partial charge is 0.0526 e. The topological polar surface area (TPSA) is 32.7 Å². The number of hydrogen-bond donors (Lipinski definition) is 0. The molecule has 0 aliphatic rings. The van der Waals surface area contributed by atoms with Crippen molar-refractivity contribution in [2.45, 2.75) is 26.3 Å². The molecule has 0 bridgehead atoms. The van der Waals surface area contributed by atoms with Gasteiger partial charge < -0.3 is 0 Å². The van der Waals surface area contributed by atoms with Gasteiger partial charge >= 0.3 is 0 Å². The van der Waals surface area contributed by atoms with Crippen LogP contribution in [0.4, 0.5) is 0 Å². The first-order chi connectivity index (χ1) is 3.48. The lowest BCUT2D eigenvalue weighted by Gasteiger charge is -2.25. The van der Waals surface area contributed by atoms with Crippen molar-refractivity contribution in [1.82, 2.24) is 5.01 Å². The van der Waals surface area contributed by atoms with E-state index in [1.165, 1.54) is 5.01 Å². The van der Waals surface area contributed by atoms with Crippen molar-refractivity contribution in [2.75, 3.05) is 7.05 Å². The van der Waals surface area contributed by atoms with Crippen LogP contribution in [0.3, 0.4) is 0 Å². The van der Waals surface area contributed by atoms with Crippen molar-refractivity contribution in [3.05, 3.63) is 4.91 Å². The van der Waals surface area contributed by atoms with Gasteiger partial charge in [-0.1, -0.05) is 0 Å². The Hall–Kier alpha value is -0.600. The number of nitrogens with zero attached hydrogens (tertiary/aromatic N) is 2. The van der Waals surface area contributed by atoms with Crippen LogP contribution in [0.1, 0.15) is 20.8 Å². The van der Waals surface area contributed by atoms with Crippen molar-refractivity contribution < 1.29 is 0 Å². The molecular formula is C5H12N2O. The van der Waals surface area contributed by atoms with Gasteiger partial charge in [0.25, 0.3) is 0 Å². The molecule has 0 spiro atoms. The molecule has 8 heavy (non-hydrogen) atoms. The Morgan fingerprint density at radius 1 is 1.38 bits per heavy atom. The first kappa shape index (κ1) is 7.40. The third-order valence-electron chi connectivity index (χ3n) is 1.09. The molecule has 0 atom stereocenters. The molecule has 0 rings (SSSR count). The summed E-state index contributed by atoms with van der Waals surface area (Å²) in [5.41, 5.74) is -0.137. The zero-order valence-electron chi connectivity index (χ0n) is 5.80. The summed E-state index contributed by atoms with van der Waals surface area (Å²) in [6.07, 6.45) is 0. The largest absolute Gasteiger partial charge is 0.259 e. The van der Waals surface area contributed by atoms with Gasteiger partial charge in [0.15, 0.2) is 0 Å². The molecule has 0 amide bonds. The maximum Gasteiger partial charge on any atom is 0.0526 e. The van der Waals surface area contributed by atoms with Crippen molar-refractivity contribution in [1.29, 1.82) is 0 Å². The zero-order chi connectivity index (χ0) is 6.78. The molecule has 3 nitrogen and oxygen atoms in total. The lowest BCUT2D eigenvalue weighted by molar-refractivity contribution is 0.180. The summed E-state index contributed by atoms with van der Waals surface area (Å²) in [6.45, 7) is 5.78. The molecule has 3 heteroatoms. The maximum absolute atomic E-state index is 9.83. The Bertz CT molecular complexity index is 84.9. The van der Waals surface area contributed by atoms with Gasteiger partial charge in [0.1, 0.15) is 0 Å². The molecule has 0 saturated carbocycles. The van der Waals surface area contributed by atoms with E-state index in [0.29, 0.717) is 0 Å². The van der Waals surface area contributed by atoms with Gasteiger partial charge in [-0.15, -0.1) is 4.91 Å². The highest BCUT2D eigenvalue weighted by Gasteiger charge is 2.15. The Labute approximate surface area is 49.6 Å². The predicted octanol–water partition coefficient (Wildman–Crippen LogP) is 1.40. The molecule has 0 aliphatic carbocycles. The van der Waals surface area contributed by atoms with Crippen molar-refractivity contribution in [3.8, 4) is 0 Å². The van der Waals surface area contributed by atoms with Crippen LogP contribution in [-0.2, 0) is 0 Å². The van der Waals surface area contributed by atoms with Gasteiger partial charge in [-0.25, -0.2) is 0 Å². The van der Waals surface area contributed by atoms with Crippen LogP contribution in [0.25, 0.3) is 0 Å². The van der Waals surface area contributed by atoms with E-state index in [0.717, 1.165) is 0 Å².